The molecule has 1 atom stereocenters. The van der Waals surface area contributed by atoms with Gasteiger partial charge in [0.05, 0.1) is 0 Å². The Hall–Kier alpha value is -0.960. The average molecular weight is 192 g/mol. The number of rotatable bonds is 3. The van der Waals surface area contributed by atoms with E-state index in [1.165, 1.54) is 6.42 Å². The van der Waals surface area contributed by atoms with Gasteiger partial charge in [-0.25, -0.2) is 0 Å². The number of hydrogen-bond donors (Lipinski definition) is 1. The first kappa shape index (κ1) is 11.1. The normalized spacial score (nSPS) is 19.8. The highest BCUT2D eigenvalue weighted by Crippen LogP contribution is 2.42. The van der Waals surface area contributed by atoms with Crippen LogP contribution in [-0.2, 0) is 4.74 Å². The van der Waals surface area contributed by atoms with Gasteiger partial charge in [0.15, 0.2) is 0 Å². The fourth-order valence-corrected chi connectivity index (χ4v) is 1.48. The molecule has 0 spiro atoms. The molecule has 0 aromatic carbocycles. The van der Waals surface area contributed by atoms with Gasteiger partial charge in [-0.15, -0.1) is 6.42 Å². The lowest BCUT2D eigenvalue weighted by molar-refractivity contribution is 0.0173. The van der Waals surface area contributed by atoms with Gasteiger partial charge in [-0.2, -0.15) is 0 Å². The second kappa shape index (κ2) is 5.05. The van der Waals surface area contributed by atoms with Crippen LogP contribution in [-0.4, -0.2) is 24.4 Å². The maximum absolute atomic E-state index is 9.72. The number of ether oxygens (including phenoxy) is 1. The van der Waals surface area contributed by atoms with Crippen LogP contribution >= 0.6 is 0 Å². The molecule has 14 heavy (non-hydrogen) atoms. The summed E-state index contributed by atoms with van der Waals surface area (Å²) in [6.07, 6.45) is 7.80. The van der Waals surface area contributed by atoms with Gasteiger partial charge in [0, 0.05) is 5.41 Å². The van der Waals surface area contributed by atoms with E-state index in [-0.39, 0.29) is 12.0 Å². The van der Waals surface area contributed by atoms with Crippen LogP contribution in [0.4, 0.5) is 0 Å². The van der Waals surface area contributed by atoms with Crippen LogP contribution in [0.15, 0.2) is 0 Å². The van der Waals surface area contributed by atoms with Crippen molar-refractivity contribution in [1.82, 2.24) is 0 Å². The summed E-state index contributed by atoms with van der Waals surface area (Å²) in [5.41, 5.74) is 0.0130. The summed E-state index contributed by atoms with van der Waals surface area (Å²) < 4.78 is 4.98. The number of aliphatic hydroxyl groups excluding tert-OH is 1. The summed E-state index contributed by atoms with van der Waals surface area (Å²) in [6, 6.07) is 0. The first-order chi connectivity index (χ1) is 6.69. The summed E-state index contributed by atoms with van der Waals surface area (Å²) in [5, 5.41) is 9.72. The lowest BCUT2D eigenvalue weighted by atomic mass is 9.67. The highest BCUT2D eigenvalue weighted by molar-refractivity contribution is 5.11. The molecular weight excluding hydrogens is 176 g/mol. The molecule has 76 valence electrons. The molecule has 1 aliphatic rings. The van der Waals surface area contributed by atoms with E-state index in [0.717, 1.165) is 12.8 Å². The average Bonchev–Trinajstić information content (AvgIpc) is 2.13. The molecule has 0 heterocycles. The summed E-state index contributed by atoms with van der Waals surface area (Å²) in [4.78, 5) is 0. The van der Waals surface area contributed by atoms with Crippen molar-refractivity contribution in [3.8, 4) is 24.2 Å². The van der Waals surface area contributed by atoms with Crippen LogP contribution in [0.3, 0.4) is 0 Å². The Morgan fingerprint density at radius 3 is 2.71 bits per heavy atom. The molecule has 1 saturated carbocycles. The van der Waals surface area contributed by atoms with Crippen molar-refractivity contribution < 1.29 is 9.84 Å². The van der Waals surface area contributed by atoms with Crippen molar-refractivity contribution >= 4 is 0 Å². The molecule has 0 amide bonds. The minimum Gasteiger partial charge on any atom is -0.380 e. The Labute approximate surface area is 85.7 Å². The molecule has 1 unspecified atom stereocenters. The lowest BCUT2D eigenvalue weighted by Gasteiger charge is -2.40. The van der Waals surface area contributed by atoms with E-state index in [1.54, 1.807) is 0 Å². The third-order valence-corrected chi connectivity index (χ3v) is 2.75. The zero-order valence-corrected chi connectivity index (χ0v) is 8.55. The summed E-state index contributed by atoms with van der Waals surface area (Å²) in [6.45, 7) is 2.65. The molecular formula is C12H16O2. The van der Waals surface area contributed by atoms with Crippen molar-refractivity contribution in [3.05, 3.63) is 0 Å². The van der Waals surface area contributed by atoms with Crippen LogP contribution < -0.4 is 0 Å². The molecule has 0 radical (unpaired) electrons. The molecule has 0 bridgehead atoms. The first-order valence-electron chi connectivity index (χ1n) is 4.87. The van der Waals surface area contributed by atoms with Gasteiger partial charge in [0.1, 0.15) is 19.3 Å². The van der Waals surface area contributed by atoms with E-state index in [1.807, 2.05) is 0 Å². The summed E-state index contributed by atoms with van der Waals surface area (Å²) >= 11 is 0. The van der Waals surface area contributed by atoms with Gasteiger partial charge in [-0.1, -0.05) is 31.1 Å². The SMILES string of the molecule is C#CCOCC#CC(O)C1(C)CCC1. The summed E-state index contributed by atoms with van der Waals surface area (Å²) in [5.74, 6) is 7.93. The van der Waals surface area contributed by atoms with Crippen LogP contribution in [0.25, 0.3) is 0 Å². The van der Waals surface area contributed by atoms with Crippen molar-refractivity contribution in [1.29, 1.82) is 0 Å². The third kappa shape index (κ3) is 2.77. The minimum absolute atomic E-state index is 0.0130. The zero-order valence-electron chi connectivity index (χ0n) is 8.55. The first-order valence-corrected chi connectivity index (χ1v) is 4.87. The van der Waals surface area contributed by atoms with Gasteiger partial charge in [0.25, 0.3) is 0 Å². The third-order valence-electron chi connectivity index (χ3n) is 2.75. The molecule has 0 aromatic heterocycles. The Balaban J connectivity index is 2.25. The monoisotopic (exact) mass is 192 g/mol. The minimum atomic E-state index is -0.523. The van der Waals surface area contributed by atoms with Crippen molar-refractivity contribution in [2.75, 3.05) is 13.2 Å². The molecule has 2 heteroatoms. The second-order valence-corrected chi connectivity index (χ2v) is 3.93. The van der Waals surface area contributed by atoms with Gasteiger partial charge in [-0.3, -0.25) is 0 Å². The number of terminal acetylenes is 1. The molecule has 0 saturated heterocycles. The van der Waals surface area contributed by atoms with Crippen LogP contribution in [0.1, 0.15) is 26.2 Å². The maximum atomic E-state index is 9.72. The van der Waals surface area contributed by atoms with Crippen molar-refractivity contribution in [3.63, 3.8) is 0 Å². The van der Waals surface area contributed by atoms with Gasteiger partial charge in [-0.05, 0) is 12.8 Å². The molecule has 1 rings (SSSR count). The molecule has 0 aliphatic heterocycles. The summed E-state index contributed by atoms with van der Waals surface area (Å²) in [7, 11) is 0. The van der Waals surface area contributed by atoms with E-state index >= 15 is 0 Å². The number of aliphatic hydroxyl groups is 1. The van der Waals surface area contributed by atoms with Crippen molar-refractivity contribution in [2.45, 2.75) is 32.3 Å². The van der Waals surface area contributed by atoms with E-state index in [2.05, 4.69) is 24.7 Å². The lowest BCUT2D eigenvalue weighted by Crippen LogP contribution is -2.37. The van der Waals surface area contributed by atoms with Crippen molar-refractivity contribution in [2.24, 2.45) is 5.41 Å². The predicted molar refractivity (Wildman–Crippen MR) is 55.4 cm³/mol. The second-order valence-electron chi connectivity index (χ2n) is 3.93. The van der Waals surface area contributed by atoms with E-state index in [4.69, 9.17) is 11.2 Å². The van der Waals surface area contributed by atoms with E-state index in [0.29, 0.717) is 6.61 Å². The Morgan fingerprint density at radius 2 is 2.21 bits per heavy atom. The molecule has 1 fully saturated rings. The van der Waals surface area contributed by atoms with E-state index in [9.17, 15) is 5.11 Å². The highest BCUT2D eigenvalue weighted by atomic mass is 16.5. The molecule has 2 nitrogen and oxygen atoms in total. The topological polar surface area (TPSA) is 29.5 Å². The molecule has 1 N–H and O–H groups in total. The highest BCUT2D eigenvalue weighted by Gasteiger charge is 2.37. The van der Waals surface area contributed by atoms with Crippen LogP contribution in [0.2, 0.25) is 0 Å². The standard InChI is InChI=1S/C12H16O2/c1-3-9-14-10-4-6-11(13)12(2)7-5-8-12/h1,11,13H,5,7-10H2,2H3. The quantitative estimate of drug-likeness (QED) is 0.537. The smallest absolute Gasteiger partial charge is 0.120 e. The fraction of sp³-hybridized carbons (Fsp3) is 0.667. The van der Waals surface area contributed by atoms with Gasteiger partial charge >= 0.3 is 0 Å². The predicted octanol–water partition coefficient (Wildman–Crippen LogP) is 1.19. The Morgan fingerprint density at radius 1 is 1.50 bits per heavy atom. The van der Waals surface area contributed by atoms with E-state index < -0.39 is 6.10 Å². The maximum Gasteiger partial charge on any atom is 0.120 e. The molecule has 1 aliphatic carbocycles. The van der Waals surface area contributed by atoms with Crippen LogP contribution in [0.5, 0.6) is 0 Å². The largest absolute Gasteiger partial charge is 0.380 e. The number of hydrogen-bond acceptors (Lipinski definition) is 2. The van der Waals surface area contributed by atoms with Gasteiger partial charge < -0.3 is 9.84 Å². The molecule has 0 aromatic rings. The van der Waals surface area contributed by atoms with Crippen LogP contribution in [0, 0.1) is 29.6 Å². The Bertz CT molecular complexity index is 273. The Kier molecular flexibility index (Phi) is 4.01. The zero-order chi connectivity index (χ0) is 10.4. The fourth-order valence-electron chi connectivity index (χ4n) is 1.48. The van der Waals surface area contributed by atoms with Gasteiger partial charge in [0.2, 0.25) is 0 Å².